The molecule has 0 radical (unpaired) electrons. The van der Waals surface area contributed by atoms with Crippen molar-refractivity contribution >= 4 is 5.91 Å². The van der Waals surface area contributed by atoms with E-state index in [2.05, 4.69) is 73.3 Å². The Balaban J connectivity index is 1.66. The minimum atomic E-state index is -0.338. The summed E-state index contributed by atoms with van der Waals surface area (Å²) in [7, 11) is 4.52. The molecule has 2 aromatic carbocycles. The van der Waals surface area contributed by atoms with Gasteiger partial charge in [0.1, 0.15) is 0 Å². The highest BCUT2D eigenvalue weighted by atomic mass is 16.1. The van der Waals surface area contributed by atoms with Gasteiger partial charge in [0.15, 0.2) is 0 Å². The third-order valence-corrected chi connectivity index (χ3v) is 7.08. The van der Waals surface area contributed by atoms with Gasteiger partial charge in [0.2, 0.25) is 5.91 Å². The smallest absolute Gasteiger partial charge is 0.248 e. The van der Waals surface area contributed by atoms with Crippen molar-refractivity contribution in [1.82, 2.24) is 9.80 Å². The molecule has 0 spiro atoms. The number of carbonyl (C=O) groups excluding carboxylic acids is 1. The fraction of sp³-hybridized carbons (Fsp3) is 0.458. The molecule has 4 heteroatoms. The Kier molecular flexibility index (Phi) is 5.02. The molecule has 2 N–H and O–H groups in total. The Morgan fingerprint density at radius 3 is 2.71 bits per heavy atom. The van der Waals surface area contributed by atoms with E-state index < -0.39 is 0 Å². The maximum absolute atomic E-state index is 11.8. The largest absolute Gasteiger partial charge is 0.366 e. The molecule has 1 aliphatic heterocycles. The average Bonchev–Trinajstić information content (AvgIpc) is 2.69. The van der Waals surface area contributed by atoms with Gasteiger partial charge in [0, 0.05) is 29.6 Å². The zero-order chi connectivity index (χ0) is 19.9. The summed E-state index contributed by atoms with van der Waals surface area (Å²) in [5.74, 6) is -0.338. The van der Waals surface area contributed by atoms with E-state index in [0.29, 0.717) is 17.6 Å². The molecule has 1 amide bonds. The summed E-state index contributed by atoms with van der Waals surface area (Å²) < 4.78 is 0. The number of amides is 1. The lowest BCUT2D eigenvalue weighted by atomic mass is 9.61. The van der Waals surface area contributed by atoms with Gasteiger partial charge in [-0.3, -0.25) is 4.79 Å². The minimum absolute atomic E-state index is 0.0294. The van der Waals surface area contributed by atoms with Crippen LogP contribution in [0.15, 0.2) is 48.5 Å². The Bertz CT molecular complexity index is 865. The van der Waals surface area contributed by atoms with E-state index >= 15 is 0 Å². The number of fused-ring (bicyclic) bond motifs is 4. The molecule has 3 atom stereocenters. The van der Waals surface area contributed by atoms with Gasteiger partial charge >= 0.3 is 0 Å². The normalized spacial score (nSPS) is 26.9. The lowest BCUT2D eigenvalue weighted by Gasteiger charge is -2.57. The van der Waals surface area contributed by atoms with Crippen LogP contribution in [0.1, 0.15) is 40.4 Å². The SMILES string of the molecule is CN1CC[C@]2(C)c3cc(C(N)=O)ccc3C[C@@H]1[C@@H]2N(C)CCc1ccccc1. The Morgan fingerprint density at radius 2 is 2.00 bits per heavy atom. The summed E-state index contributed by atoms with van der Waals surface area (Å²) in [6.45, 7) is 4.50. The number of hydrogen-bond donors (Lipinski definition) is 1. The Morgan fingerprint density at radius 1 is 1.25 bits per heavy atom. The predicted molar refractivity (Wildman–Crippen MR) is 114 cm³/mol. The molecule has 0 aromatic heterocycles. The number of likely N-dealkylation sites (tertiary alicyclic amines) is 1. The standard InChI is InChI=1S/C24H31N3O/c1-24-12-14-26(2)21(16-18-9-10-19(23(25)28)15-20(18)24)22(24)27(3)13-11-17-7-5-4-6-8-17/h4-10,15,21-22H,11-14,16H2,1-3H3,(H2,25,28)/t21-,22+,24-/m1/s1. The number of nitrogens with zero attached hydrogens (tertiary/aromatic N) is 2. The summed E-state index contributed by atoms with van der Waals surface area (Å²) in [6, 6.07) is 17.7. The van der Waals surface area contributed by atoms with E-state index in [1.165, 1.54) is 16.7 Å². The second kappa shape index (κ2) is 7.34. The number of rotatable bonds is 5. The zero-order valence-corrected chi connectivity index (χ0v) is 17.2. The lowest BCUT2D eigenvalue weighted by Crippen LogP contribution is -2.66. The molecule has 28 heavy (non-hydrogen) atoms. The molecule has 4 rings (SSSR count). The monoisotopic (exact) mass is 377 g/mol. The fourth-order valence-electron chi connectivity index (χ4n) is 5.48. The number of primary amides is 1. The molecule has 148 valence electrons. The zero-order valence-electron chi connectivity index (χ0n) is 17.2. The first kappa shape index (κ1) is 19.2. The number of hydrogen-bond acceptors (Lipinski definition) is 3. The van der Waals surface area contributed by atoms with Crippen LogP contribution in [0.2, 0.25) is 0 Å². The predicted octanol–water partition coefficient (Wildman–Crippen LogP) is 2.85. The number of benzene rings is 2. The van der Waals surface area contributed by atoms with Gasteiger partial charge in [-0.25, -0.2) is 0 Å². The van der Waals surface area contributed by atoms with Crippen molar-refractivity contribution in [3.05, 3.63) is 70.8 Å². The summed E-state index contributed by atoms with van der Waals surface area (Å²) in [5, 5.41) is 0. The van der Waals surface area contributed by atoms with Crippen LogP contribution in [-0.2, 0) is 18.3 Å². The van der Waals surface area contributed by atoms with E-state index in [-0.39, 0.29) is 11.3 Å². The molecule has 0 saturated carbocycles. The highest BCUT2D eigenvalue weighted by Crippen LogP contribution is 2.46. The molecule has 4 nitrogen and oxygen atoms in total. The summed E-state index contributed by atoms with van der Waals surface area (Å²) in [4.78, 5) is 16.9. The third-order valence-electron chi connectivity index (χ3n) is 7.08. The Hall–Kier alpha value is -2.17. The van der Waals surface area contributed by atoms with Gasteiger partial charge < -0.3 is 15.5 Å². The number of likely N-dealkylation sites (N-methyl/N-ethyl adjacent to an activating group) is 2. The second-order valence-corrected chi connectivity index (χ2v) is 8.82. The van der Waals surface area contributed by atoms with Gasteiger partial charge in [0.25, 0.3) is 0 Å². The molecular weight excluding hydrogens is 346 g/mol. The number of carbonyl (C=O) groups is 1. The van der Waals surface area contributed by atoms with Crippen molar-refractivity contribution in [3.8, 4) is 0 Å². The van der Waals surface area contributed by atoms with Crippen LogP contribution in [0, 0.1) is 0 Å². The molecule has 1 saturated heterocycles. The molecule has 1 aliphatic carbocycles. The first-order valence-electron chi connectivity index (χ1n) is 10.3. The van der Waals surface area contributed by atoms with Gasteiger partial charge in [-0.2, -0.15) is 0 Å². The summed E-state index contributed by atoms with van der Waals surface area (Å²) in [6.07, 6.45) is 3.17. The number of piperidine rings is 1. The van der Waals surface area contributed by atoms with Crippen LogP contribution >= 0.6 is 0 Å². The van der Waals surface area contributed by atoms with Crippen LogP contribution in [0.25, 0.3) is 0 Å². The quantitative estimate of drug-likeness (QED) is 0.872. The van der Waals surface area contributed by atoms with Crippen LogP contribution in [-0.4, -0.2) is 55.0 Å². The fourth-order valence-corrected chi connectivity index (χ4v) is 5.48. The van der Waals surface area contributed by atoms with Gasteiger partial charge in [-0.15, -0.1) is 0 Å². The van der Waals surface area contributed by atoms with Crippen LogP contribution in [0.3, 0.4) is 0 Å². The lowest BCUT2D eigenvalue weighted by molar-refractivity contribution is 0.00315. The average molecular weight is 378 g/mol. The van der Waals surface area contributed by atoms with Crippen LogP contribution in [0.5, 0.6) is 0 Å². The van der Waals surface area contributed by atoms with Crippen molar-refractivity contribution < 1.29 is 4.79 Å². The van der Waals surface area contributed by atoms with Crippen molar-refractivity contribution in [3.63, 3.8) is 0 Å². The van der Waals surface area contributed by atoms with E-state index in [0.717, 1.165) is 32.4 Å². The van der Waals surface area contributed by atoms with Gasteiger partial charge in [0.05, 0.1) is 0 Å². The summed E-state index contributed by atoms with van der Waals surface area (Å²) in [5.41, 5.74) is 10.3. The molecule has 2 bridgehead atoms. The highest BCUT2D eigenvalue weighted by Gasteiger charge is 2.51. The van der Waals surface area contributed by atoms with Gasteiger partial charge in [-0.1, -0.05) is 43.3 Å². The van der Waals surface area contributed by atoms with E-state index in [4.69, 9.17) is 5.73 Å². The van der Waals surface area contributed by atoms with E-state index in [9.17, 15) is 4.79 Å². The van der Waals surface area contributed by atoms with Crippen molar-refractivity contribution in [2.75, 3.05) is 27.2 Å². The first-order chi connectivity index (χ1) is 13.4. The highest BCUT2D eigenvalue weighted by molar-refractivity contribution is 5.93. The van der Waals surface area contributed by atoms with E-state index in [1.54, 1.807) is 0 Å². The van der Waals surface area contributed by atoms with Crippen molar-refractivity contribution in [1.29, 1.82) is 0 Å². The molecule has 1 fully saturated rings. The molecule has 2 aromatic rings. The topological polar surface area (TPSA) is 49.6 Å². The molecule has 2 aliphatic rings. The van der Waals surface area contributed by atoms with Crippen LogP contribution in [0.4, 0.5) is 0 Å². The number of nitrogens with two attached hydrogens (primary N) is 1. The molecule has 1 heterocycles. The maximum atomic E-state index is 11.8. The Labute approximate surface area is 168 Å². The van der Waals surface area contributed by atoms with Gasteiger partial charge in [-0.05, 0) is 68.7 Å². The molecular formula is C24H31N3O. The maximum Gasteiger partial charge on any atom is 0.248 e. The van der Waals surface area contributed by atoms with E-state index in [1.807, 2.05) is 6.07 Å². The van der Waals surface area contributed by atoms with Crippen molar-refractivity contribution in [2.24, 2.45) is 5.73 Å². The minimum Gasteiger partial charge on any atom is -0.366 e. The van der Waals surface area contributed by atoms with Crippen molar-refractivity contribution in [2.45, 2.75) is 43.7 Å². The third kappa shape index (κ3) is 3.25. The second-order valence-electron chi connectivity index (χ2n) is 8.82. The summed E-state index contributed by atoms with van der Waals surface area (Å²) >= 11 is 0. The van der Waals surface area contributed by atoms with Crippen LogP contribution < -0.4 is 5.73 Å². The first-order valence-corrected chi connectivity index (χ1v) is 10.3. The molecule has 0 unspecified atom stereocenters.